The molecule has 0 saturated heterocycles. The van der Waals surface area contributed by atoms with Crippen LogP contribution in [0.1, 0.15) is 40.8 Å². The van der Waals surface area contributed by atoms with Crippen LogP contribution in [0, 0.1) is 13.8 Å². The lowest BCUT2D eigenvalue weighted by atomic mass is 9.88. The van der Waals surface area contributed by atoms with Gasteiger partial charge in [-0.2, -0.15) is 0 Å². The van der Waals surface area contributed by atoms with Crippen molar-refractivity contribution in [2.24, 2.45) is 0 Å². The molecular weight excluding hydrogens is 314 g/mol. The average Bonchev–Trinajstić information content (AvgIpc) is 2.60. The highest BCUT2D eigenvalue weighted by Crippen LogP contribution is 2.39. The van der Waals surface area contributed by atoms with Gasteiger partial charge in [-0.25, -0.2) is 0 Å². The number of fused-ring (bicyclic) bond motifs is 1. The molecule has 0 bridgehead atoms. The van der Waals surface area contributed by atoms with Crippen molar-refractivity contribution in [3.8, 4) is 17.2 Å². The van der Waals surface area contributed by atoms with E-state index in [2.05, 4.69) is 43.4 Å². The smallest absolute Gasteiger partial charge is 0.161 e. The second-order valence-corrected chi connectivity index (χ2v) is 6.46. The predicted molar refractivity (Wildman–Crippen MR) is 100 cm³/mol. The van der Waals surface area contributed by atoms with Crippen molar-refractivity contribution in [2.75, 3.05) is 27.4 Å². The number of aryl methyl sites for hydroxylation is 2. The molecule has 4 heteroatoms. The molecule has 0 fully saturated rings. The van der Waals surface area contributed by atoms with Crippen LogP contribution in [0.4, 0.5) is 0 Å². The minimum Gasteiger partial charge on any atom is -0.496 e. The molecule has 134 valence electrons. The van der Waals surface area contributed by atoms with Crippen LogP contribution < -0.4 is 19.5 Å². The molecule has 4 nitrogen and oxygen atoms in total. The summed E-state index contributed by atoms with van der Waals surface area (Å²) in [5, 5.41) is 3.65. The van der Waals surface area contributed by atoms with Crippen molar-refractivity contribution in [1.82, 2.24) is 5.32 Å². The third-order valence-electron chi connectivity index (χ3n) is 4.80. The Balaban J connectivity index is 2.08. The van der Waals surface area contributed by atoms with Crippen molar-refractivity contribution >= 4 is 0 Å². The Morgan fingerprint density at radius 3 is 2.32 bits per heavy atom. The van der Waals surface area contributed by atoms with Crippen molar-refractivity contribution in [2.45, 2.75) is 33.2 Å². The SMILES string of the molecule is CCOc1cc2c(cc1OC)CCNC2c1cc(C)c(OC)c(C)c1. The molecule has 1 atom stereocenters. The van der Waals surface area contributed by atoms with Crippen molar-refractivity contribution in [1.29, 1.82) is 0 Å². The largest absolute Gasteiger partial charge is 0.496 e. The van der Waals surface area contributed by atoms with Crippen LogP contribution in [0.25, 0.3) is 0 Å². The highest BCUT2D eigenvalue weighted by molar-refractivity contribution is 5.53. The summed E-state index contributed by atoms with van der Waals surface area (Å²) in [5.74, 6) is 2.58. The number of nitrogens with one attached hydrogen (secondary N) is 1. The topological polar surface area (TPSA) is 39.7 Å². The van der Waals surface area contributed by atoms with Gasteiger partial charge in [-0.3, -0.25) is 0 Å². The summed E-state index contributed by atoms with van der Waals surface area (Å²) < 4.78 is 16.8. The van der Waals surface area contributed by atoms with Gasteiger partial charge in [0.15, 0.2) is 11.5 Å². The molecule has 2 aromatic carbocycles. The average molecular weight is 341 g/mol. The molecule has 2 aromatic rings. The van der Waals surface area contributed by atoms with Gasteiger partial charge in [0.1, 0.15) is 5.75 Å². The van der Waals surface area contributed by atoms with Crippen molar-refractivity contribution < 1.29 is 14.2 Å². The van der Waals surface area contributed by atoms with Gasteiger partial charge in [-0.15, -0.1) is 0 Å². The zero-order valence-corrected chi connectivity index (χ0v) is 15.7. The minimum absolute atomic E-state index is 0.150. The van der Waals surface area contributed by atoms with E-state index in [0.717, 1.165) is 41.3 Å². The molecule has 0 radical (unpaired) electrons. The fourth-order valence-corrected chi connectivity index (χ4v) is 3.76. The molecular formula is C21H27NO3. The van der Waals surface area contributed by atoms with E-state index in [1.165, 1.54) is 16.7 Å². The van der Waals surface area contributed by atoms with E-state index in [0.29, 0.717) is 6.61 Å². The fourth-order valence-electron chi connectivity index (χ4n) is 3.76. The minimum atomic E-state index is 0.150. The molecule has 0 aromatic heterocycles. The van der Waals surface area contributed by atoms with Crippen LogP contribution in [-0.2, 0) is 6.42 Å². The summed E-state index contributed by atoms with van der Waals surface area (Å²) in [6, 6.07) is 8.82. The molecule has 25 heavy (non-hydrogen) atoms. The van der Waals surface area contributed by atoms with Gasteiger partial charge in [0.05, 0.1) is 26.9 Å². The van der Waals surface area contributed by atoms with Gasteiger partial charge >= 0.3 is 0 Å². The number of ether oxygens (including phenoxy) is 3. The predicted octanol–water partition coefficient (Wildman–Crippen LogP) is 3.95. The van der Waals surface area contributed by atoms with Gasteiger partial charge in [-0.1, -0.05) is 12.1 Å². The summed E-state index contributed by atoms with van der Waals surface area (Å²) in [5.41, 5.74) is 6.15. The molecule has 0 saturated carbocycles. The van der Waals surface area contributed by atoms with E-state index in [-0.39, 0.29) is 6.04 Å². The first-order valence-corrected chi connectivity index (χ1v) is 8.81. The van der Waals surface area contributed by atoms with E-state index in [1.54, 1.807) is 14.2 Å². The second kappa shape index (κ2) is 7.36. The molecule has 1 N–H and O–H groups in total. The molecule has 1 heterocycles. The van der Waals surface area contributed by atoms with Gasteiger partial charge < -0.3 is 19.5 Å². The lowest BCUT2D eigenvalue weighted by molar-refractivity contribution is 0.309. The lowest BCUT2D eigenvalue weighted by Gasteiger charge is -2.29. The van der Waals surface area contributed by atoms with Crippen molar-refractivity contribution in [3.63, 3.8) is 0 Å². The Hall–Kier alpha value is -2.20. The van der Waals surface area contributed by atoms with E-state index >= 15 is 0 Å². The molecule has 1 aliphatic heterocycles. The lowest BCUT2D eigenvalue weighted by Crippen LogP contribution is -2.30. The monoisotopic (exact) mass is 341 g/mol. The Kier molecular flexibility index (Phi) is 5.19. The summed E-state index contributed by atoms with van der Waals surface area (Å²) >= 11 is 0. The highest BCUT2D eigenvalue weighted by atomic mass is 16.5. The molecule has 1 aliphatic rings. The van der Waals surface area contributed by atoms with E-state index in [1.807, 2.05) is 6.92 Å². The molecule has 0 amide bonds. The van der Waals surface area contributed by atoms with Crippen LogP contribution >= 0.6 is 0 Å². The standard InChI is InChI=1S/C21H27NO3/c1-6-25-19-12-17-15(11-18(19)23-4)7-8-22-20(17)16-9-13(2)21(24-5)14(3)10-16/h9-12,20,22H,6-8H2,1-5H3. The Morgan fingerprint density at radius 1 is 1.00 bits per heavy atom. The summed E-state index contributed by atoms with van der Waals surface area (Å²) in [6.07, 6.45) is 0.989. The van der Waals surface area contributed by atoms with Crippen LogP contribution in [0.5, 0.6) is 17.2 Å². The van der Waals surface area contributed by atoms with Crippen LogP contribution in [0.15, 0.2) is 24.3 Å². The molecule has 0 aliphatic carbocycles. The first kappa shape index (κ1) is 17.6. The van der Waals surface area contributed by atoms with Crippen LogP contribution in [0.3, 0.4) is 0 Å². The maximum absolute atomic E-state index is 5.79. The number of benzene rings is 2. The second-order valence-electron chi connectivity index (χ2n) is 6.46. The Morgan fingerprint density at radius 2 is 1.72 bits per heavy atom. The number of hydrogen-bond donors (Lipinski definition) is 1. The van der Waals surface area contributed by atoms with Crippen LogP contribution in [-0.4, -0.2) is 27.4 Å². The third kappa shape index (κ3) is 3.31. The maximum atomic E-state index is 5.79. The Bertz CT molecular complexity index is 747. The van der Waals surface area contributed by atoms with Gasteiger partial charge in [0.2, 0.25) is 0 Å². The van der Waals surface area contributed by atoms with Gasteiger partial charge in [0.25, 0.3) is 0 Å². The molecule has 1 unspecified atom stereocenters. The zero-order chi connectivity index (χ0) is 18.0. The van der Waals surface area contributed by atoms with Crippen molar-refractivity contribution in [3.05, 3.63) is 52.1 Å². The summed E-state index contributed by atoms with van der Waals surface area (Å²) in [7, 11) is 3.42. The quantitative estimate of drug-likeness (QED) is 0.894. The van der Waals surface area contributed by atoms with E-state index in [4.69, 9.17) is 14.2 Å². The maximum Gasteiger partial charge on any atom is 0.161 e. The number of methoxy groups -OCH3 is 2. The van der Waals surface area contributed by atoms with Crippen LogP contribution in [0.2, 0.25) is 0 Å². The molecule has 0 spiro atoms. The number of rotatable bonds is 5. The van der Waals surface area contributed by atoms with E-state index in [9.17, 15) is 0 Å². The third-order valence-corrected chi connectivity index (χ3v) is 4.80. The first-order chi connectivity index (χ1) is 12.1. The molecule has 3 rings (SSSR count). The van der Waals surface area contributed by atoms with Gasteiger partial charge in [0, 0.05) is 6.54 Å². The zero-order valence-electron chi connectivity index (χ0n) is 15.7. The summed E-state index contributed by atoms with van der Waals surface area (Å²) in [6.45, 7) is 7.75. The Labute approximate surface area is 150 Å². The normalized spacial score (nSPS) is 16.3. The van der Waals surface area contributed by atoms with E-state index < -0.39 is 0 Å². The van der Waals surface area contributed by atoms with Gasteiger partial charge in [-0.05, 0) is 67.1 Å². The first-order valence-electron chi connectivity index (χ1n) is 8.81. The number of hydrogen-bond acceptors (Lipinski definition) is 4. The highest BCUT2D eigenvalue weighted by Gasteiger charge is 2.25. The summed E-state index contributed by atoms with van der Waals surface area (Å²) in [4.78, 5) is 0. The fraction of sp³-hybridized carbons (Fsp3) is 0.429.